The Balaban J connectivity index is 3.06. The third kappa shape index (κ3) is 1.98. The number of nitrogens with zero attached hydrogens (tertiary/aromatic N) is 2. The summed E-state index contributed by atoms with van der Waals surface area (Å²) in [5.74, 6) is 0. The normalized spacial score (nSPS) is 8.93. The van der Waals surface area contributed by atoms with Crippen LogP contribution < -0.4 is 5.32 Å². The lowest BCUT2D eigenvalue weighted by molar-refractivity contribution is 0.187. The molecule has 1 aromatic rings. The van der Waals surface area contributed by atoms with E-state index in [1.807, 2.05) is 6.07 Å². The molecule has 1 aromatic heterocycles. The van der Waals surface area contributed by atoms with Crippen molar-refractivity contribution in [3.8, 4) is 6.07 Å². The van der Waals surface area contributed by atoms with E-state index in [2.05, 4.69) is 15.0 Å². The number of hydrogen-bond acceptors (Lipinski definition) is 4. The summed E-state index contributed by atoms with van der Waals surface area (Å²) in [5, 5.41) is 11.2. The van der Waals surface area contributed by atoms with Gasteiger partial charge in [-0.15, -0.1) is 0 Å². The minimum atomic E-state index is -0.601. The fourth-order valence-corrected chi connectivity index (χ4v) is 0.969. The molecule has 0 aliphatic rings. The van der Waals surface area contributed by atoms with Gasteiger partial charge in [-0.25, -0.2) is 4.79 Å². The van der Waals surface area contributed by atoms with Crippen molar-refractivity contribution in [1.29, 1.82) is 5.26 Å². The molecular weight excluding hydrogens is 182 g/mol. The van der Waals surface area contributed by atoms with E-state index in [1.165, 1.54) is 13.3 Å². The molecule has 72 valence electrons. The van der Waals surface area contributed by atoms with E-state index < -0.39 is 6.09 Å². The van der Waals surface area contributed by atoms with Crippen molar-refractivity contribution in [2.24, 2.45) is 0 Å². The smallest absolute Gasteiger partial charge is 0.411 e. The van der Waals surface area contributed by atoms with Crippen LogP contribution >= 0.6 is 0 Å². The van der Waals surface area contributed by atoms with Gasteiger partial charge in [0, 0.05) is 12.4 Å². The minimum absolute atomic E-state index is 0.315. The molecule has 1 heterocycles. The number of nitrogens with one attached hydrogen (secondary N) is 1. The molecule has 0 saturated carbocycles. The molecule has 1 rings (SSSR count). The van der Waals surface area contributed by atoms with E-state index >= 15 is 0 Å². The lowest BCUT2D eigenvalue weighted by Gasteiger charge is -2.07. The summed E-state index contributed by atoms with van der Waals surface area (Å²) >= 11 is 0. The molecule has 0 atom stereocenters. The number of rotatable bonds is 1. The van der Waals surface area contributed by atoms with Gasteiger partial charge in [0.05, 0.1) is 18.4 Å². The minimum Gasteiger partial charge on any atom is -0.453 e. The van der Waals surface area contributed by atoms with Gasteiger partial charge in [0.15, 0.2) is 0 Å². The molecule has 0 bridgehead atoms. The fourth-order valence-electron chi connectivity index (χ4n) is 0.969. The summed E-state index contributed by atoms with van der Waals surface area (Å²) in [5.41, 5.74) is 1.47. The van der Waals surface area contributed by atoms with Crippen LogP contribution in [0.25, 0.3) is 0 Å². The Labute approximate surface area is 81.3 Å². The largest absolute Gasteiger partial charge is 0.453 e. The van der Waals surface area contributed by atoms with Crippen LogP contribution in [0.4, 0.5) is 10.5 Å². The van der Waals surface area contributed by atoms with Crippen LogP contribution in [0.3, 0.4) is 0 Å². The van der Waals surface area contributed by atoms with Crippen molar-refractivity contribution in [2.45, 2.75) is 6.92 Å². The number of nitriles is 1. The standard InChI is InChI=1S/C9H9N3O2/c1-6-4-11-5-7(3-10)8(6)12-9(13)14-2/h4-5H,1-2H3,(H,11,12,13). The molecule has 0 saturated heterocycles. The fraction of sp³-hybridized carbons (Fsp3) is 0.222. The van der Waals surface area contributed by atoms with Crippen molar-refractivity contribution in [3.63, 3.8) is 0 Å². The summed E-state index contributed by atoms with van der Waals surface area (Å²) in [7, 11) is 1.26. The second-order valence-corrected chi connectivity index (χ2v) is 2.61. The zero-order valence-electron chi connectivity index (χ0n) is 7.87. The number of pyridine rings is 1. The maximum absolute atomic E-state index is 10.9. The van der Waals surface area contributed by atoms with Crippen molar-refractivity contribution in [1.82, 2.24) is 4.98 Å². The van der Waals surface area contributed by atoms with Crippen LogP contribution in [0.2, 0.25) is 0 Å². The first-order chi connectivity index (χ1) is 6.69. The third-order valence-corrected chi connectivity index (χ3v) is 1.67. The summed E-state index contributed by atoms with van der Waals surface area (Å²) in [4.78, 5) is 14.8. The quantitative estimate of drug-likeness (QED) is 0.728. The zero-order chi connectivity index (χ0) is 10.6. The highest BCUT2D eigenvalue weighted by Crippen LogP contribution is 2.17. The molecule has 0 unspecified atom stereocenters. The molecule has 5 heteroatoms. The first-order valence-electron chi connectivity index (χ1n) is 3.88. The Morgan fingerprint density at radius 2 is 2.36 bits per heavy atom. The van der Waals surface area contributed by atoms with Gasteiger partial charge in [0.1, 0.15) is 6.07 Å². The Hall–Kier alpha value is -2.09. The lowest BCUT2D eigenvalue weighted by Crippen LogP contribution is -2.13. The Kier molecular flexibility index (Phi) is 3.02. The van der Waals surface area contributed by atoms with Crippen molar-refractivity contribution >= 4 is 11.8 Å². The van der Waals surface area contributed by atoms with Crippen LogP contribution in [0.1, 0.15) is 11.1 Å². The molecule has 1 N–H and O–H groups in total. The number of hydrogen-bond donors (Lipinski definition) is 1. The molecule has 0 aliphatic heterocycles. The second kappa shape index (κ2) is 4.23. The van der Waals surface area contributed by atoms with Crippen molar-refractivity contribution in [2.75, 3.05) is 12.4 Å². The Morgan fingerprint density at radius 3 is 2.93 bits per heavy atom. The number of aryl methyl sites for hydroxylation is 1. The molecule has 0 radical (unpaired) electrons. The summed E-state index contributed by atoms with van der Waals surface area (Å²) in [6, 6.07) is 1.93. The Morgan fingerprint density at radius 1 is 1.64 bits per heavy atom. The van der Waals surface area contributed by atoms with Crippen LogP contribution in [-0.4, -0.2) is 18.2 Å². The van der Waals surface area contributed by atoms with Crippen LogP contribution in [0.5, 0.6) is 0 Å². The molecule has 0 aliphatic carbocycles. The van der Waals surface area contributed by atoms with E-state index in [4.69, 9.17) is 5.26 Å². The maximum Gasteiger partial charge on any atom is 0.411 e. The SMILES string of the molecule is COC(=O)Nc1c(C)cncc1C#N. The van der Waals surface area contributed by atoms with E-state index in [-0.39, 0.29) is 0 Å². The van der Waals surface area contributed by atoms with Crippen LogP contribution in [0.15, 0.2) is 12.4 Å². The number of carbonyl (C=O) groups excluding carboxylic acids is 1. The van der Waals surface area contributed by atoms with E-state index in [0.717, 1.165) is 5.56 Å². The van der Waals surface area contributed by atoms with Gasteiger partial charge in [-0.1, -0.05) is 0 Å². The molecule has 0 aromatic carbocycles. The van der Waals surface area contributed by atoms with Gasteiger partial charge in [0.2, 0.25) is 0 Å². The molecule has 5 nitrogen and oxygen atoms in total. The highest BCUT2D eigenvalue weighted by Gasteiger charge is 2.09. The number of ether oxygens (including phenoxy) is 1. The second-order valence-electron chi connectivity index (χ2n) is 2.61. The van der Waals surface area contributed by atoms with Crippen LogP contribution in [-0.2, 0) is 4.74 Å². The van der Waals surface area contributed by atoms with Gasteiger partial charge in [0.25, 0.3) is 0 Å². The van der Waals surface area contributed by atoms with E-state index in [1.54, 1.807) is 13.1 Å². The van der Waals surface area contributed by atoms with Crippen LogP contribution in [0, 0.1) is 18.3 Å². The van der Waals surface area contributed by atoms with Gasteiger partial charge in [-0.2, -0.15) is 5.26 Å². The van der Waals surface area contributed by atoms with E-state index in [9.17, 15) is 4.79 Å². The average molecular weight is 191 g/mol. The van der Waals surface area contributed by atoms with Gasteiger partial charge >= 0.3 is 6.09 Å². The third-order valence-electron chi connectivity index (χ3n) is 1.67. The van der Waals surface area contributed by atoms with Gasteiger partial charge in [-0.3, -0.25) is 10.3 Å². The van der Waals surface area contributed by atoms with Gasteiger partial charge in [-0.05, 0) is 12.5 Å². The zero-order valence-corrected chi connectivity index (χ0v) is 7.87. The lowest BCUT2D eigenvalue weighted by atomic mass is 10.2. The maximum atomic E-state index is 10.9. The molecule has 0 spiro atoms. The predicted octanol–water partition coefficient (Wildman–Crippen LogP) is 1.44. The van der Waals surface area contributed by atoms with E-state index in [0.29, 0.717) is 11.3 Å². The van der Waals surface area contributed by atoms with Gasteiger partial charge < -0.3 is 4.74 Å². The number of anilines is 1. The Bertz CT molecular complexity index is 396. The summed E-state index contributed by atoms with van der Waals surface area (Å²) in [6.45, 7) is 1.75. The van der Waals surface area contributed by atoms with Crippen molar-refractivity contribution < 1.29 is 9.53 Å². The number of carbonyl (C=O) groups is 1. The number of methoxy groups -OCH3 is 1. The molecular formula is C9H9N3O2. The van der Waals surface area contributed by atoms with Crippen molar-refractivity contribution in [3.05, 3.63) is 23.5 Å². The topological polar surface area (TPSA) is 75.0 Å². The first kappa shape index (κ1) is 9.99. The molecule has 1 amide bonds. The highest BCUT2D eigenvalue weighted by atomic mass is 16.5. The molecule has 14 heavy (non-hydrogen) atoms. The predicted molar refractivity (Wildman–Crippen MR) is 49.7 cm³/mol. The average Bonchev–Trinajstić information content (AvgIpc) is 2.20. The first-order valence-corrected chi connectivity index (χ1v) is 3.88. The summed E-state index contributed by atoms with van der Waals surface area (Å²) in [6.07, 6.45) is 2.35. The highest BCUT2D eigenvalue weighted by molar-refractivity contribution is 5.87. The molecule has 0 fully saturated rings. The monoisotopic (exact) mass is 191 g/mol. The summed E-state index contributed by atoms with van der Waals surface area (Å²) < 4.78 is 4.43. The number of amides is 1. The number of aromatic nitrogens is 1.